The molecule has 0 saturated heterocycles. The number of nitrogens with zero attached hydrogens (tertiary/aromatic N) is 1. The van der Waals surface area contributed by atoms with Gasteiger partial charge in [-0.1, -0.05) is 35.5 Å². The summed E-state index contributed by atoms with van der Waals surface area (Å²) < 4.78 is 0. The first-order valence-electron chi connectivity index (χ1n) is 6.25. The summed E-state index contributed by atoms with van der Waals surface area (Å²) in [7, 11) is 0. The second kappa shape index (κ2) is 6.78. The number of H-pyrrole nitrogens is 1. The van der Waals surface area contributed by atoms with Crippen LogP contribution in [-0.4, -0.2) is 21.1 Å². The molecular formula is C14H14ClN3O2S. The molecule has 1 aromatic heterocycles. The Kier molecular flexibility index (Phi) is 5.03. The zero-order chi connectivity index (χ0) is 15.4. The summed E-state index contributed by atoms with van der Waals surface area (Å²) in [6, 6.07) is 8.41. The molecule has 1 aromatic carbocycles. The Labute approximate surface area is 131 Å². The molecule has 0 aliphatic rings. The van der Waals surface area contributed by atoms with Gasteiger partial charge >= 0.3 is 0 Å². The minimum atomic E-state index is -0.425. The number of aromatic nitrogens is 2. The van der Waals surface area contributed by atoms with Gasteiger partial charge in [0.2, 0.25) is 5.91 Å². The van der Waals surface area contributed by atoms with Crippen molar-refractivity contribution in [2.45, 2.75) is 24.3 Å². The van der Waals surface area contributed by atoms with Crippen LogP contribution in [0.1, 0.15) is 12.6 Å². The first-order chi connectivity index (χ1) is 9.95. The number of aromatic amines is 1. The molecule has 2 N–H and O–H groups in total. The normalized spacial score (nSPS) is 12.0. The number of carbonyl (C=O) groups is 1. The third kappa shape index (κ3) is 4.34. The molecule has 1 heterocycles. The van der Waals surface area contributed by atoms with E-state index in [0.29, 0.717) is 21.6 Å². The number of aryl methyl sites for hydroxylation is 1. The predicted octanol–water partition coefficient (Wildman–Crippen LogP) is 2.85. The zero-order valence-electron chi connectivity index (χ0n) is 11.5. The van der Waals surface area contributed by atoms with Crippen LogP contribution in [0.25, 0.3) is 0 Å². The largest absolute Gasteiger partial charge is 0.324 e. The van der Waals surface area contributed by atoms with Crippen LogP contribution in [0.4, 0.5) is 5.69 Å². The van der Waals surface area contributed by atoms with E-state index in [2.05, 4.69) is 15.3 Å². The van der Waals surface area contributed by atoms with Gasteiger partial charge in [-0.2, -0.15) is 0 Å². The molecule has 2 aromatic rings. The van der Waals surface area contributed by atoms with Gasteiger partial charge in [0.05, 0.1) is 16.0 Å². The highest BCUT2D eigenvalue weighted by molar-refractivity contribution is 8.00. The summed E-state index contributed by atoms with van der Waals surface area (Å²) in [6.07, 6.45) is 0. The number of hydrogen-bond acceptors (Lipinski definition) is 4. The number of amides is 1. The molecule has 0 fully saturated rings. The first-order valence-corrected chi connectivity index (χ1v) is 7.51. The maximum absolute atomic E-state index is 12.1. The number of halogens is 1. The third-order valence-electron chi connectivity index (χ3n) is 2.64. The number of hydrogen-bond donors (Lipinski definition) is 2. The van der Waals surface area contributed by atoms with Crippen LogP contribution >= 0.6 is 23.4 Å². The average molecular weight is 324 g/mol. The maximum Gasteiger partial charge on any atom is 0.251 e. The molecule has 1 amide bonds. The molecule has 7 heteroatoms. The van der Waals surface area contributed by atoms with Crippen LogP contribution in [0.15, 0.2) is 40.3 Å². The SMILES string of the molecule is Cc1cc(=O)[nH]c(SC(C)C(=O)Nc2ccccc2Cl)n1. The van der Waals surface area contributed by atoms with E-state index in [1.165, 1.54) is 17.8 Å². The van der Waals surface area contributed by atoms with Gasteiger partial charge in [0.15, 0.2) is 5.16 Å². The van der Waals surface area contributed by atoms with Crippen molar-refractivity contribution in [3.05, 3.63) is 51.4 Å². The number of carbonyl (C=O) groups excluding carboxylic acids is 1. The summed E-state index contributed by atoms with van der Waals surface area (Å²) in [5.41, 5.74) is 0.936. The van der Waals surface area contributed by atoms with E-state index in [0.717, 1.165) is 0 Å². The van der Waals surface area contributed by atoms with Crippen LogP contribution in [0, 0.1) is 6.92 Å². The van der Waals surface area contributed by atoms with Crippen molar-refractivity contribution in [2.75, 3.05) is 5.32 Å². The van der Waals surface area contributed by atoms with Gasteiger partial charge in [0.1, 0.15) is 0 Å². The Bertz CT molecular complexity index is 717. The van der Waals surface area contributed by atoms with Crippen molar-refractivity contribution >= 4 is 35.0 Å². The van der Waals surface area contributed by atoms with Crippen molar-refractivity contribution in [3.63, 3.8) is 0 Å². The molecule has 1 atom stereocenters. The molecule has 21 heavy (non-hydrogen) atoms. The van der Waals surface area contributed by atoms with Crippen molar-refractivity contribution in [2.24, 2.45) is 0 Å². The average Bonchev–Trinajstić information content (AvgIpc) is 2.40. The highest BCUT2D eigenvalue weighted by Crippen LogP contribution is 2.23. The van der Waals surface area contributed by atoms with Crippen LogP contribution in [0.5, 0.6) is 0 Å². The summed E-state index contributed by atoms with van der Waals surface area (Å²) >= 11 is 7.18. The van der Waals surface area contributed by atoms with Gasteiger partial charge in [0, 0.05) is 11.8 Å². The van der Waals surface area contributed by atoms with Gasteiger partial charge in [0.25, 0.3) is 5.56 Å². The van der Waals surface area contributed by atoms with E-state index in [-0.39, 0.29) is 11.5 Å². The quantitative estimate of drug-likeness (QED) is 0.670. The molecule has 1 unspecified atom stereocenters. The van der Waals surface area contributed by atoms with Gasteiger partial charge in [-0.3, -0.25) is 9.59 Å². The van der Waals surface area contributed by atoms with Gasteiger partial charge in [-0.05, 0) is 26.0 Å². The summed E-state index contributed by atoms with van der Waals surface area (Å²) in [4.78, 5) is 30.3. The number of thioether (sulfide) groups is 1. The Hall–Kier alpha value is -1.79. The molecule has 0 saturated carbocycles. The van der Waals surface area contributed by atoms with Crippen LogP contribution in [0.2, 0.25) is 5.02 Å². The molecule has 110 valence electrons. The minimum absolute atomic E-state index is 0.211. The Morgan fingerprint density at radius 1 is 1.43 bits per heavy atom. The van der Waals surface area contributed by atoms with E-state index in [1.54, 1.807) is 38.1 Å². The fourth-order valence-corrected chi connectivity index (χ4v) is 2.67. The Morgan fingerprint density at radius 3 is 2.81 bits per heavy atom. The first kappa shape index (κ1) is 15.6. The lowest BCUT2D eigenvalue weighted by Gasteiger charge is -2.12. The molecule has 0 bridgehead atoms. The van der Waals surface area contributed by atoms with Crippen LogP contribution in [-0.2, 0) is 4.79 Å². The van der Waals surface area contributed by atoms with Crippen molar-refractivity contribution in [1.29, 1.82) is 0 Å². The molecular weight excluding hydrogens is 310 g/mol. The second-order valence-electron chi connectivity index (χ2n) is 4.42. The number of nitrogens with one attached hydrogen (secondary N) is 2. The van der Waals surface area contributed by atoms with E-state index < -0.39 is 5.25 Å². The standard InChI is InChI=1S/C14H14ClN3O2S/c1-8-7-12(19)18-14(16-8)21-9(2)13(20)17-11-6-4-3-5-10(11)15/h3-7,9H,1-2H3,(H,17,20)(H,16,18,19). The molecule has 0 spiro atoms. The summed E-state index contributed by atoms with van der Waals surface area (Å²) in [6.45, 7) is 3.47. The van der Waals surface area contributed by atoms with Crippen molar-refractivity contribution < 1.29 is 4.79 Å². The molecule has 0 aliphatic heterocycles. The Morgan fingerprint density at radius 2 is 2.14 bits per heavy atom. The summed E-state index contributed by atoms with van der Waals surface area (Å²) in [5, 5.41) is 3.22. The lowest BCUT2D eigenvalue weighted by atomic mass is 10.3. The monoisotopic (exact) mass is 323 g/mol. The van der Waals surface area contributed by atoms with E-state index in [4.69, 9.17) is 11.6 Å². The highest BCUT2D eigenvalue weighted by atomic mass is 35.5. The van der Waals surface area contributed by atoms with E-state index in [1.807, 2.05) is 0 Å². The predicted molar refractivity (Wildman–Crippen MR) is 85.0 cm³/mol. The van der Waals surface area contributed by atoms with Gasteiger partial charge < -0.3 is 10.3 Å². The molecule has 0 aliphatic carbocycles. The number of para-hydroxylation sites is 1. The topological polar surface area (TPSA) is 74.8 Å². The van der Waals surface area contributed by atoms with Gasteiger partial charge in [-0.15, -0.1) is 0 Å². The number of anilines is 1. The molecule has 2 rings (SSSR count). The zero-order valence-corrected chi connectivity index (χ0v) is 13.1. The lowest BCUT2D eigenvalue weighted by molar-refractivity contribution is -0.115. The van der Waals surface area contributed by atoms with Gasteiger partial charge in [-0.25, -0.2) is 4.98 Å². The highest BCUT2D eigenvalue weighted by Gasteiger charge is 2.17. The maximum atomic E-state index is 12.1. The fourth-order valence-electron chi connectivity index (χ4n) is 1.63. The minimum Gasteiger partial charge on any atom is -0.324 e. The third-order valence-corrected chi connectivity index (χ3v) is 3.95. The van der Waals surface area contributed by atoms with Crippen molar-refractivity contribution in [1.82, 2.24) is 9.97 Å². The molecule has 0 radical (unpaired) electrons. The number of benzene rings is 1. The van der Waals surface area contributed by atoms with Crippen LogP contribution < -0.4 is 10.9 Å². The fraction of sp³-hybridized carbons (Fsp3) is 0.214. The van der Waals surface area contributed by atoms with Crippen molar-refractivity contribution in [3.8, 4) is 0 Å². The Balaban J connectivity index is 2.06. The van der Waals surface area contributed by atoms with Crippen LogP contribution in [0.3, 0.4) is 0 Å². The van der Waals surface area contributed by atoms with E-state index in [9.17, 15) is 9.59 Å². The molecule has 5 nitrogen and oxygen atoms in total. The number of rotatable bonds is 4. The lowest BCUT2D eigenvalue weighted by Crippen LogP contribution is -2.23. The van der Waals surface area contributed by atoms with E-state index >= 15 is 0 Å². The second-order valence-corrected chi connectivity index (χ2v) is 6.16. The smallest absolute Gasteiger partial charge is 0.251 e. The summed E-state index contributed by atoms with van der Waals surface area (Å²) in [5.74, 6) is -0.211.